The van der Waals surface area contributed by atoms with E-state index in [0.717, 1.165) is 5.56 Å². The predicted octanol–water partition coefficient (Wildman–Crippen LogP) is 3.24. The summed E-state index contributed by atoms with van der Waals surface area (Å²) in [7, 11) is 0. The van der Waals surface area contributed by atoms with Crippen LogP contribution in [0.1, 0.15) is 0 Å². The lowest BCUT2D eigenvalue weighted by Gasteiger charge is -2.07. The molecule has 1 aromatic heterocycles. The molecule has 0 radical (unpaired) electrons. The Morgan fingerprint density at radius 2 is 1.41 bits per heavy atom. The van der Waals surface area contributed by atoms with Crippen LogP contribution in [0.2, 0.25) is 0 Å². The standard InChI is InChI=1S/C17H13NO4/c19-13-3-1-2-10(6-13)14-5-4-11(9-18-14)12-7-15(20)17(22)16(21)8-12/h1-9,19-22H. The maximum atomic E-state index is 9.55. The Balaban J connectivity index is 1.98. The van der Waals surface area contributed by atoms with Gasteiger partial charge in [-0.15, -0.1) is 0 Å². The van der Waals surface area contributed by atoms with E-state index < -0.39 is 17.2 Å². The number of nitrogens with zero attached hydrogens (tertiary/aromatic N) is 1. The van der Waals surface area contributed by atoms with E-state index in [1.807, 2.05) is 6.07 Å². The molecular weight excluding hydrogens is 282 g/mol. The minimum atomic E-state index is -0.548. The average Bonchev–Trinajstić information content (AvgIpc) is 2.52. The number of pyridine rings is 1. The highest BCUT2D eigenvalue weighted by Gasteiger charge is 2.10. The summed E-state index contributed by atoms with van der Waals surface area (Å²) in [4.78, 5) is 4.31. The van der Waals surface area contributed by atoms with Crippen molar-refractivity contribution in [1.82, 2.24) is 4.98 Å². The van der Waals surface area contributed by atoms with Gasteiger partial charge in [0.1, 0.15) is 5.75 Å². The van der Waals surface area contributed by atoms with Gasteiger partial charge in [0.15, 0.2) is 17.2 Å². The summed E-state index contributed by atoms with van der Waals surface area (Å²) in [5.41, 5.74) is 2.67. The summed E-state index contributed by atoms with van der Waals surface area (Å²) >= 11 is 0. The summed E-state index contributed by atoms with van der Waals surface area (Å²) in [6.07, 6.45) is 1.59. The van der Waals surface area contributed by atoms with Gasteiger partial charge < -0.3 is 20.4 Å². The smallest absolute Gasteiger partial charge is 0.200 e. The van der Waals surface area contributed by atoms with Crippen LogP contribution in [0.15, 0.2) is 54.7 Å². The van der Waals surface area contributed by atoms with Crippen LogP contribution in [0.4, 0.5) is 0 Å². The van der Waals surface area contributed by atoms with Crippen molar-refractivity contribution in [3.8, 4) is 45.4 Å². The monoisotopic (exact) mass is 295 g/mol. The number of aromatic nitrogens is 1. The highest BCUT2D eigenvalue weighted by molar-refractivity contribution is 5.71. The number of hydrogen-bond acceptors (Lipinski definition) is 5. The number of phenols is 4. The zero-order valence-electron chi connectivity index (χ0n) is 11.4. The number of rotatable bonds is 2. The Morgan fingerprint density at radius 3 is 2.00 bits per heavy atom. The van der Waals surface area contributed by atoms with Gasteiger partial charge in [0.2, 0.25) is 0 Å². The summed E-state index contributed by atoms with van der Waals surface area (Å²) in [6.45, 7) is 0. The molecule has 0 fully saturated rings. The third-order valence-electron chi connectivity index (χ3n) is 3.31. The second-order valence-corrected chi connectivity index (χ2v) is 4.85. The van der Waals surface area contributed by atoms with Gasteiger partial charge in [0.25, 0.3) is 0 Å². The summed E-state index contributed by atoms with van der Waals surface area (Å²) < 4.78 is 0. The SMILES string of the molecule is Oc1cccc(-c2ccc(-c3cc(O)c(O)c(O)c3)cn2)c1. The zero-order valence-corrected chi connectivity index (χ0v) is 11.4. The molecular formula is C17H13NO4. The maximum absolute atomic E-state index is 9.55. The molecule has 0 atom stereocenters. The summed E-state index contributed by atoms with van der Waals surface area (Å²) in [6, 6.07) is 13.0. The molecule has 3 aromatic rings. The second-order valence-electron chi connectivity index (χ2n) is 4.85. The number of phenolic OH excluding ortho intramolecular Hbond substituents is 4. The molecule has 0 unspecified atom stereocenters. The van der Waals surface area contributed by atoms with E-state index in [1.54, 1.807) is 36.5 Å². The minimum absolute atomic E-state index is 0.164. The van der Waals surface area contributed by atoms with Crippen molar-refractivity contribution < 1.29 is 20.4 Å². The largest absolute Gasteiger partial charge is 0.508 e. The molecule has 3 rings (SSSR count). The molecule has 0 amide bonds. The van der Waals surface area contributed by atoms with Crippen molar-refractivity contribution in [1.29, 1.82) is 0 Å². The molecule has 0 saturated heterocycles. The molecule has 0 bridgehead atoms. The van der Waals surface area contributed by atoms with Crippen LogP contribution < -0.4 is 0 Å². The molecule has 2 aromatic carbocycles. The third-order valence-corrected chi connectivity index (χ3v) is 3.31. The molecule has 5 heteroatoms. The summed E-state index contributed by atoms with van der Waals surface area (Å²) in [5.74, 6) is -1.18. The van der Waals surface area contributed by atoms with Crippen LogP contribution in [-0.2, 0) is 0 Å². The van der Waals surface area contributed by atoms with Crippen molar-refractivity contribution in [2.75, 3.05) is 0 Å². The fraction of sp³-hybridized carbons (Fsp3) is 0. The van der Waals surface area contributed by atoms with Crippen LogP contribution in [0.5, 0.6) is 23.0 Å². The molecule has 110 valence electrons. The fourth-order valence-corrected chi connectivity index (χ4v) is 2.17. The van der Waals surface area contributed by atoms with Gasteiger partial charge in [-0.25, -0.2) is 0 Å². The van der Waals surface area contributed by atoms with E-state index in [0.29, 0.717) is 16.8 Å². The van der Waals surface area contributed by atoms with Crippen molar-refractivity contribution in [3.05, 3.63) is 54.7 Å². The van der Waals surface area contributed by atoms with Crippen LogP contribution in [0.25, 0.3) is 22.4 Å². The molecule has 0 aliphatic heterocycles. The number of benzene rings is 2. The van der Waals surface area contributed by atoms with Gasteiger partial charge in [0.05, 0.1) is 5.69 Å². The van der Waals surface area contributed by atoms with Gasteiger partial charge in [-0.3, -0.25) is 4.98 Å². The van der Waals surface area contributed by atoms with E-state index in [4.69, 9.17) is 0 Å². The third kappa shape index (κ3) is 2.52. The second kappa shape index (κ2) is 5.29. The molecule has 0 spiro atoms. The minimum Gasteiger partial charge on any atom is -0.508 e. The van der Waals surface area contributed by atoms with E-state index >= 15 is 0 Å². The Kier molecular flexibility index (Phi) is 3.31. The highest BCUT2D eigenvalue weighted by atomic mass is 16.3. The molecule has 4 N–H and O–H groups in total. The van der Waals surface area contributed by atoms with E-state index in [2.05, 4.69) is 4.98 Å². The lowest BCUT2D eigenvalue weighted by molar-refractivity contribution is 0.368. The summed E-state index contributed by atoms with van der Waals surface area (Å²) in [5, 5.41) is 37.9. The normalized spacial score (nSPS) is 10.5. The molecule has 22 heavy (non-hydrogen) atoms. The number of hydrogen-bond donors (Lipinski definition) is 4. The average molecular weight is 295 g/mol. The van der Waals surface area contributed by atoms with Gasteiger partial charge in [-0.05, 0) is 35.9 Å². The first-order valence-electron chi connectivity index (χ1n) is 6.55. The number of aromatic hydroxyl groups is 4. The van der Waals surface area contributed by atoms with Gasteiger partial charge in [-0.2, -0.15) is 0 Å². The first-order chi connectivity index (χ1) is 10.5. The van der Waals surface area contributed by atoms with Crippen LogP contribution in [-0.4, -0.2) is 25.4 Å². The Bertz CT molecular complexity index is 805. The van der Waals surface area contributed by atoms with Crippen molar-refractivity contribution in [2.24, 2.45) is 0 Å². The zero-order chi connectivity index (χ0) is 15.7. The predicted molar refractivity (Wildman–Crippen MR) is 81.8 cm³/mol. The molecule has 5 nitrogen and oxygen atoms in total. The van der Waals surface area contributed by atoms with Crippen molar-refractivity contribution >= 4 is 0 Å². The maximum Gasteiger partial charge on any atom is 0.200 e. The van der Waals surface area contributed by atoms with Crippen LogP contribution in [0, 0.1) is 0 Å². The lowest BCUT2D eigenvalue weighted by atomic mass is 10.0. The Morgan fingerprint density at radius 1 is 0.682 bits per heavy atom. The van der Waals surface area contributed by atoms with Crippen LogP contribution >= 0.6 is 0 Å². The first kappa shape index (κ1) is 13.8. The Hall–Kier alpha value is -3.21. The fourth-order valence-electron chi connectivity index (χ4n) is 2.17. The van der Waals surface area contributed by atoms with Crippen molar-refractivity contribution in [3.63, 3.8) is 0 Å². The van der Waals surface area contributed by atoms with E-state index in [-0.39, 0.29) is 5.75 Å². The van der Waals surface area contributed by atoms with E-state index in [1.165, 1.54) is 12.1 Å². The molecule has 1 heterocycles. The van der Waals surface area contributed by atoms with Gasteiger partial charge >= 0.3 is 0 Å². The van der Waals surface area contributed by atoms with Gasteiger partial charge in [-0.1, -0.05) is 18.2 Å². The first-order valence-corrected chi connectivity index (χ1v) is 6.55. The Labute approximate surface area is 126 Å². The highest BCUT2D eigenvalue weighted by Crippen LogP contribution is 2.38. The van der Waals surface area contributed by atoms with Gasteiger partial charge in [0, 0.05) is 17.3 Å². The van der Waals surface area contributed by atoms with Crippen molar-refractivity contribution in [2.45, 2.75) is 0 Å². The van der Waals surface area contributed by atoms with E-state index in [9.17, 15) is 20.4 Å². The lowest BCUT2D eigenvalue weighted by Crippen LogP contribution is -1.85. The molecule has 0 saturated carbocycles. The molecule has 0 aliphatic carbocycles. The van der Waals surface area contributed by atoms with Crippen LogP contribution in [0.3, 0.4) is 0 Å². The quantitative estimate of drug-likeness (QED) is 0.545. The molecule has 0 aliphatic rings. The topological polar surface area (TPSA) is 93.8 Å².